The van der Waals surface area contributed by atoms with E-state index in [1.165, 1.54) is 7.11 Å². The van der Waals surface area contributed by atoms with Crippen molar-refractivity contribution in [2.45, 2.75) is 24.7 Å². The van der Waals surface area contributed by atoms with Crippen LogP contribution in [0.1, 0.15) is 30.1 Å². The molecule has 0 aliphatic carbocycles. The van der Waals surface area contributed by atoms with Gasteiger partial charge in [0.15, 0.2) is 21.3 Å². The van der Waals surface area contributed by atoms with Crippen LogP contribution in [-0.2, 0) is 9.84 Å². The summed E-state index contributed by atoms with van der Waals surface area (Å²) >= 11 is 3.41. The fourth-order valence-corrected chi connectivity index (χ4v) is 4.40. The number of methoxy groups -OCH3 is 1. The van der Waals surface area contributed by atoms with Gasteiger partial charge in [-0.15, -0.1) is 0 Å². The molecule has 2 rings (SSSR count). The molecule has 1 amide bonds. The van der Waals surface area contributed by atoms with Crippen molar-refractivity contribution in [3.8, 4) is 11.5 Å². The number of ether oxygens (including phenoxy) is 2. The van der Waals surface area contributed by atoms with Crippen molar-refractivity contribution in [2.24, 2.45) is 0 Å². The zero-order chi connectivity index (χ0) is 20.6. The Morgan fingerprint density at radius 2 is 1.89 bits per heavy atom. The number of rotatable bonds is 10. The SMILES string of the molecule is CCCOc1c(Br)cc(C(=O)NCCCS(=O)(=O)c2ccccc2)cc1OC. The number of sulfone groups is 1. The van der Waals surface area contributed by atoms with E-state index in [0.29, 0.717) is 34.6 Å². The second kappa shape index (κ2) is 10.5. The predicted molar refractivity (Wildman–Crippen MR) is 112 cm³/mol. The molecule has 0 fully saturated rings. The van der Waals surface area contributed by atoms with E-state index in [1.54, 1.807) is 42.5 Å². The molecule has 152 valence electrons. The molecule has 8 heteroatoms. The first kappa shape index (κ1) is 22.2. The number of nitrogens with one attached hydrogen (secondary N) is 1. The smallest absolute Gasteiger partial charge is 0.251 e. The van der Waals surface area contributed by atoms with Crippen LogP contribution in [0, 0.1) is 0 Å². The Labute approximate surface area is 174 Å². The second-order valence-corrected chi connectivity index (χ2v) is 9.04. The van der Waals surface area contributed by atoms with Gasteiger partial charge in [0.2, 0.25) is 0 Å². The van der Waals surface area contributed by atoms with Gasteiger partial charge in [-0.1, -0.05) is 25.1 Å². The number of amides is 1. The average molecular weight is 470 g/mol. The molecule has 6 nitrogen and oxygen atoms in total. The number of carbonyl (C=O) groups excluding carboxylic acids is 1. The lowest BCUT2D eigenvalue weighted by atomic mass is 10.2. The van der Waals surface area contributed by atoms with E-state index in [2.05, 4.69) is 21.2 Å². The zero-order valence-electron chi connectivity index (χ0n) is 15.9. The lowest BCUT2D eigenvalue weighted by Gasteiger charge is -2.14. The van der Waals surface area contributed by atoms with Crippen molar-refractivity contribution in [1.29, 1.82) is 0 Å². The van der Waals surface area contributed by atoms with Gasteiger partial charge in [-0.3, -0.25) is 4.79 Å². The molecule has 2 aromatic carbocycles. The van der Waals surface area contributed by atoms with Crippen LogP contribution in [-0.4, -0.2) is 40.3 Å². The van der Waals surface area contributed by atoms with E-state index in [9.17, 15) is 13.2 Å². The van der Waals surface area contributed by atoms with Gasteiger partial charge in [0.1, 0.15) is 0 Å². The third-order valence-electron chi connectivity index (χ3n) is 3.92. The van der Waals surface area contributed by atoms with Crippen LogP contribution in [0.5, 0.6) is 11.5 Å². The van der Waals surface area contributed by atoms with Gasteiger partial charge in [0, 0.05) is 12.1 Å². The second-order valence-electron chi connectivity index (χ2n) is 6.08. The Hall–Kier alpha value is -2.06. The number of hydrogen-bond donors (Lipinski definition) is 1. The van der Waals surface area contributed by atoms with Gasteiger partial charge in [0.05, 0.1) is 28.8 Å². The fourth-order valence-electron chi connectivity index (χ4n) is 2.51. The molecule has 0 saturated heterocycles. The fraction of sp³-hybridized carbons (Fsp3) is 0.350. The summed E-state index contributed by atoms with van der Waals surface area (Å²) < 4.78 is 36.1. The molecular weight excluding hydrogens is 446 g/mol. The highest BCUT2D eigenvalue weighted by Gasteiger charge is 2.16. The molecule has 0 radical (unpaired) electrons. The van der Waals surface area contributed by atoms with Crippen molar-refractivity contribution in [2.75, 3.05) is 26.0 Å². The first-order chi connectivity index (χ1) is 13.4. The Morgan fingerprint density at radius 3 is 2.54 bits per heavy atom. The Balaban J connectivity index is 1.95. The first-order valence-electron chi connectivity index (χ1n) is 8.95. The van der Waals surface area contributed by atoms with E-state index in [0.717, 1.165) is 6.42 Å². The van der Waals surface area contributed by atoms with Gasteiger partial charge >= 0.3 is 0 Å². The summed E-state index contributed by atoms with van der Waals surface area (Å²) in [6, 6.07) is 11.5. The molecular formula is C20H24BrNO5S. The molecule has 0 heterocycles. The minimum atomic E-state index is -3.35. The molecule has 0 spiro atoms. The summed E-state index contributed by atoms with van der Waals surface area (Å²) in [6.07, 6.45) is 1.17. The van der Waals surface area contributed by atoms with Crippen molar-refractivity contribution < 1.29 is 22.7 Å². The zero-order valence-corrected chi connectivity index (χ0v) is 18.3. The Bertz CT molecular complexity index is 900. The third kappa shape index (κ3) is 5.97. The molecule has 0 aromatic heterocycles. The number of hydrogen-bond acceptors (Lipinski definition) is 5. The van der Waals surface area contributed by atoms with Crippen molar-refractivity contribution in [3.63, 3.8) is 0 Å². The van der Waals surface area contributed by atoms with Crippen LogP contribution in [0.15, 0.2) is 51.8 Å². The highest BCUT2D eigenvalue weighted by Crippen LogP contribution is 2.36. The molecule has 0 atom stereocenters. The first-order valence-corrected chi connectivity index (χ1v) is 11.4. The third-order valence-corrected chi connectivity index (χ3v) is 6.33. The van der Waals surface area contributed by atoms with Crippen molar-refractivity contribution in [3.05, 3.63) is 52.5 Å². The van der Waals surface area contributed by atoms with E-state index < -0.39 is 9.84 Å². The van der Waals surface area contributed by atoms with E-state index in [4.69, 9.17) is 9.47 Å². The van der Waals surface area contributed by atoms with E-state index >= 15 is 0 Å². The molecule has 0 saturated carbocycles. The van der Waals surface area contributed by atoms with Gasteiger partial charge in [-0.2, -0.15) is 0 Å². The minimum Gasteiger partial charge on any atom is -0.493 e. The number of benzene rings is 2. The van der Waals surface area contributed by atoms with E-state index in [1.807, 2.05) is 6.92 Å². The summed E-state index contributed by atoms with van der Waals surface area (Å²) in [4.78, 5) is 12.7. The largest absolute Gasteiger partial charge is 0.493 e. The molecule has 0 bridgehead atoms. The van der Waals surface area contributed by atoms with Crippen LogP contribution in [0.4, 0.5) is 0 Å². The van der Waals surface area contributed by atoms with Crippen molar-refractivity contribution in [1.82, 2.24) is 5.32 Å². The van der Waals surface area contributed by atoms with Crippen LogP contribution < -0.4 is 14.8 Å². The van der Waals surface area contributed by atoms with Gasteiger partial charge in [-0.05, 0) is 53.0 Å². The van der Waals surface area contributed by atoms with Crippen LogP contribution in [0.2, 0.25) is 0 Å². The van der Waals surface area contributed by atoms with Gasteiger partial charge < -0.3 is 14.8 Å². The quantitative estimate of drug-likeness (QED) is 0.534. The topological polar surface area (TPSA) is 81.7 Å². The summed E-state index contributed by atoms with van der Waals surface area (Å²) in [7, 11) is -1.84. The van der Waals surface area contributed by atoms with Gasteiger partial charge in [-0.25, -0.2) is 8.42 Å². The highest BCUT2D eigenvalue weighted by molar-refractivity contribution is 9.10. The molecule has 0 unspecified atom stereocenters. The molecule has 0 aliphatic rings. The number of carbonyl (C=O) groups is 1. The maximum Gasteiger partial charge on any atom is 0.251 e. The maximum atomic E-state index is 12.4. The summed E-state index contributed by atoms with van der Waals surface area (Å²) in [6.45, 7) is 2.79. The monoisotopic (exact) mass is 469 g/mol. The predicted octanol–water partition coefficient (Wildman–Crippen LogP) is 3.84. The standard InChI is InChI=1S/C20H24BrNO5S/c1-3-11-27-19-17(21)13-15(14-18(19)26-2)20(23)22-10-7-12-28(24,25)16-8-5-4-6-9-16/h4-6,8-9,13-14H,3,7,10-12H2,1-2H3,(H,22,23). The highest BCUT2D eigenvalue weighted by atomic mass is 79.9. The van der Waals surface area contributed by atoms with Crippen LogP contribution in [0.3, 0.4) is 0 Å². The number of halogens is 1. The normalized spacial score (nSPS) is 11.1. The van der Waals surface area contributed by atoms with Gasteiger partial charge in [0.25, 0.3) is 5.91 Å². The summed E-state index contributed by atoms with van der Waals surface area (Å²) in [5, 5.41) is 2.74. The molecule has 2 aromatic rings. The molecule has 28 heavy (non-hydrogen) atoms. The molecule has 0 aliphatic heterocycles. The Morgan fingerprint density at radius 1 is 1.18 bits per heavy atom. The minimum absolute atomic E-state index is 0.0336. The Kier molecular flexibility index (Phi) is 8.32. The van der Waals surface area contributed by atoms with Crippen LogP contribution in [0.25, 0.3) is 0 Å². The maximum absolute atomic E-state index is 12.4. The lowest BCUT2D eigenvalue weighted by Crippen LogP contribution is -2.26. The van der Waals surface area contributed by atoms with E-state index in [-0.39, 0.29) is 23.1 Å². The van der Waals surface area contributed by atoms with Crippen molar-refractivity contribution >= 4 is 31.7 Å². The average Bonchev–Trinajstić information content (AvgIpc) is 2.70. The summed E-state index contributed by atoms with van der Waals surface area (Å²) in [5.41, 5.74) is 0.401. The lowest BCUT2D eigenvalue weighted by molar-refractivity contribution is 0.0953. The van der Waals surface area contributed by atoms with Crippen LogP contribution >= 0.6 is 15.9 Å². The summed E-state index contributed by atoms with van der Waals surface area (Å²) in [5.74, 6) is 0.668. The molecule has 1 N–H and O–H groups in total.